The molecule has 3 nitrogen and oxygen atoms in total. The quantitative estimate of drug-likeness (QED) is 0.191. The maximum Gasteiger partial charge on any atom is 0.135 e. The standard InChI is InChI=1S/C49H36N2O/c1-49(48-42(50-37-19-9-4-10-20-37)25-26-46-47(48)40-22-12-14-24-45(40)52-46)28-27-44-41(32-49)39-21-11-13-23-43(39)51(44)38-30-35(33-15-5-2-6-16-33)29-36(31-38)34-17-7-3-8-18-34/h2-31,50H,32H2,1H3. The Morgan fingerprint density at radius 1 is 0.577 bits per heavy atom. The summed E-state index contributed by atoms with van der Waals surface area (Å²) < 4.78 is 8.94. The number of nitrogens with zero attached hydrogens (tertiary/aromatic N) is 1. The summed E-state index contributed by atoms with van der Waals surface area (Å²) in [4.78, 5) is 0. The summed E-state index contributed by atoms with van der Waals surface area (Å²) in [6, 6.07) is 60.5. The number of anilines is 2. The van der Waals surface area contributed by atoms with E-state index in [9.17, 15) is 0 Å². The van der Waals surface area contributed by atoms with E-state index in [2.05, 4.69) is 193 Å². The molecule has 248 valence electrons. The predicted molar refractivity (Wildman–Crippen MR) is 218 cm³/mol. The van der Waals surface area contributed by atoms with Crippen LogP contribution in [0.15, 0.2) is 180 Å². The normalized spacial score (nSPS) is 15.3. The van der Waals surface area contributed by atoms with E-state index in [0.29, 0.717) is 0 Å². The molecule has 1 atom stereocenters. The lowest BCUT2D eigenvalue weighted by molar-refractivity contribution is 0.594. The van der Waals surface area contributed by atoms with Crippen molar-refractivity contribution >= 4 is 50.3 Å². The molecule has 0 bridgehead atoms. The molecule has 1 aliphatic rings. The molecule has 1 N–H and O–H groups in total. The van der Waals surface area contributed by atoms with E-state index in [1.165, 1.54) is 55.4 Å². The zero-order valence-electron chi connectivity index (χ0n) is 28.9. The lowest BCUT2D eigenvalue weighted by atomic mass is 9.71. The number of allylic oxidation sites excluding steroid dienone is 1. The number of rotatable bonds is 6. The highest BCUT2D eigenvalue weighted by molar-refractivity contribution is 6.09. The van der Waals surface area contributed by atoms with Crippen LogP contribution in [0, 0.1) is 0 Å². The fourth-order valence-electron chi connectivity index (χ4n) is 8.35. The van der Waals surface area contributed by atoms with Gasteiger partial charge in [0.15, 0.2) is 0 Å². The third kappa shape index (κ3) is 4.97. The number of nitrogens with one attached hydrogen (secondary N) is 1. The Morgan fingerprint density at radius 3 is 1.90 bits per heavy atom. The van der Waals surface area contributed by atoms with Crippen molar-refractivity contribution in [1.29, 1.82) is 0 Å². The largest absolute Gasteiger partial charge is 0.456 e. The monoisotopic (exact) mass is 668 g/mol. The van der Waals surface area contributed by atoms with Crippen LogP contribution in [-0.2, 0) is 11.8 Å². The molecule has 1 unspecified atom stereocenters. The number of furan rings is 1. The average molecular weight is 669 g/mol. The highest BCUT2D eigenvalue weighted by atomic mass is 16.3. The zero-order valence-corrected chi connectivity index (χ0v) is 28.9. The summed E-state index contributed by atoms with van der Waals surface area (Å²) >= 11 is 0. The van der Waals surface area contributed by atoms with E-state index in [1.807, 2.05) is 6.07 Å². The van der Waals surface area contributed by atoms with E-state index in [4.69, 9.17) is 4.42 Å². The van der Waals surface area contributed by atoms with Gasteiger partial charge in [0.1, 0.15) is 11.2 Å². The van der Waals surface area contributed by atoms with Gasteiger partial charge in [-0.25, -0.2) is 0 Å². The maximum atomic E-state index is 6.48. The summed E-state index contributed by atoms with van der Waals surface area (Å²) in [6.07, 6.45) is 5.62. The minimum Gasteiger partial charge on any atom is -0.456 e. The van der Waals surface area contributed by atoms with Crippen molar-refractivity contribution in [2.24, 2.45) is 0 Å². The fraction of sp³-hybridized carbons (Fsp3) is 0.0612. The molecule has 0 aliphatic heterocycles. The Bertz CT molecular complexity index is 2730. The van der Waals surface area contributed by atoms with Gasteiger partial charge in [0.25, 0.3) is 0 Å². The van der Waals surface area contributed by atoms with Crippen molar-refractivity contribution in [2.75, 3.05) is 5.32 Å². The van der Waals surface area contributed by atoms with Gasteiger partial charge in [0.2, 0.25) is 0 Å². The van der Waals surface area contributed by atoms with Crippen molar-refractivity contribution in [3.8, 4) is 27.9 Å². The van der Waals surface area contributed by atoms with Gasteiger partial charge in [-0.2, -0.15) is 0 Å². The number of hydrogen-bond acceptors (Lipinski definition) is 2. The lowest BCUT2D eigenvalue weighted by Crippen LogP contribution is -2.26. The van der Waals surface area contributed by atoms with Crippen LogP contribution in [0.2, 0.25) is 0 Å². The van der Waals surface area contributed by atoms with E-state index in [0.717, 1.165) is 40.0 Å². The van der Waals surface area contributed by atoms with Crippen LogP contribution < -0.4 is 5.32 Å². The number of fused-ring (bicyclic) bond motifs is 6. The fourth-order valence-corrected chi connectivity index (χ4v) is 8.35. The van der Waals surface area contributed by atoms with E-state index in [1.54, 1.807) is 0 Å². The summed E-state index contributed by atoms with van der Waals surface area (Å²) in [5.41, 5.74) is 14.6. The smallest absolute Gasteiger partial charge is 0.135 e. The second-order valence-electron chi connectivity index (χ2n) is 14.1. The van der Waals surface area contributed by atoms with Gasteiger partial charge in [-0.1, -0.05) is 128 Å². The summed E-state index contributed by atoms with van der Waals surface area (Å²) in [7, 11) is 0. The van der Waals surface area contributed by atoms with Crippen molar-refractivity contribution < 1.29 is 4.42 Å². The van der Waals surface area contributed by atoms with Gasteiger partial charge in [0.05, 0.1) is 5.52 Å². The Labute approximate surface area is 303 Å². The third-order valence-corrected chi connectivity index (χ3v) is 10.7. The second kappa shape index (κ2) is 12.0. The number of hydrogen-bond donors (Lipinski definition) is 1. The van der Waals surface area contributed by atoms with Crippen molar-refractivity contribution in [2.45, 2.75) is 18.8 Å². The number of aromatic nitrogens is 1. The van der Waals surface area contributed by atoms with E-state index < -0.39 is 0 Å². The van der Waals surface area contributed by atoms with Crippen LogP contribution in [0.5, 0.6) is 0 Å². The zero-order chi connectivity index (χ0) is 34.6. The molecule has 2 heterocycles. The first kappa shape index (κ1) is 30.3. The number of para-hydroxylation sites is 3. The van der Waals surface area contributed by atoms with Crippen LogP contribution in [-0.4, -0.2) is 4.57 Å². The van der Waals surface area contributed by atoms with Crippen molar-refractivity contribution in [3.05, 3.63) is 193 Å². The molecule has 0 radical (unpaired) electrons. The van der Waals surface area contributed by atoms with Gasteiger partial charge < -0.3 is 14.3 Å². The maximum absolute atomic E-state index is 6.48. The van der Waals surface area contributed by atoms with Gasteiger partial charge in [-0.05, 0) is 100 Å². The first-order valence-electron chi connectivity index (χ1n) is 18.0. The first-order valence-corrected chi connectivity index (χ1v) is 18.0. The summed E-state index contributed by atoms with van der Waals surface area (Å²) in [5.74, 6) is 0. The average Bonchev–Trinajstić information content (AvgIpc) is 3.74. The van der Waals surface area contributed by atoms with Crippen molar-refractivity contribution in [3.63, 3.8) is 0 Å². The lowest BCUT2D eigenvalue weighted by Gasteiger charge is -2.33. The molecule has 2 aromatic heterocycles. The number of benzene rings is 7. The van der Waals surface area contributed by atoms with Gasteiger partial charge in [-0.3, -0.25) is 0 Å². The Kier molecular flexibility index (Phi) is 7.00. The first-order chi connectivity index (χ1) is 25.6. The predicted octanol–water partition coefficient (Wildman–Crippen LogP) is 13.1. The van der Waals surface area contributed by atoms with Gasteiger partial charge >= 0.3 is 0 Å². The molecule has 0 saturated heterocycles. The molecule has 3 heteroatoms. The molecular weight excluding hydrogens is 633 g/mol. The Morgan fingerprint density at radius 2 is 1.19 bits per heavy atom. The van der Waals surface area contributed by atoms with Crippen LogP contribution >= 0.6 is 0 Å². The van der Waals surface area contributed by atoms with E-state index >= 15 is 0 Å². The summed E-state index contributed by atoms with van der Waals surface area (Å²) in [5, 5.41) is 7.38. The molecular formula is C49H36N2O. The molecule has 0 saturated carbocycles. The topological polar surface area (TPSA) is 30.1 Å². The van der Waals surface area contributed by atoms with Crippen LogP contribution in [0.25, 0.3) is 66.9 Å². The van der Waals surface area contributed by atoms with Crippen molar-refractivity contribution in [1.82, 2.24) is 4.57 Å². The molecule has 0 fully saturated rings. The van der Waals surface area contributed by atoms with Gasteiger partial charge in [0, 0.05) is 44.3 Å². The Balaban J connectivity index is 1.19. The summed E-state index contributed by atoms with van der Waals surface area (Å²) in [6.45, 7) is 2.38. The third-order valence-electron chi connectivity index (χ3n) is 10.7. The van der Waals surface area contributed by atoms with Crippen LogP contribution in [0.3, 0.4) is 0 Å². The second-order valence-corrected chi connectivity index (χ2v) is 14.1. The Hall–Kier alpha value is -6.58. The highest BCUT2D eigenvalue weighted by Crippen LogP contribution is 2.48. The highest BCUT2D eigenvalue weighted by Gasteiger charge is 2.36. The minimum atomic E-state index is -0.341. The molecule has 7 aromatic carbocycles. The molecule has 1 aliphatic carbocycles. The molecule has 52 heavy (non-hydrogen) atoms. The van der Waals surface area contributed by atoms with E-state index in [-0.39, 0.29) is 5.41 Å². The van der Waals surface area contributed by atoms with Crippen LogP contribution in [0.4, 0.5) is 11.4 Å². The molecule has 10 rings (SSSR count). The van der Waals surface area contributed by atoms with Gasteiger partial charge in [-0.15, -0.1) is 0 Å². The molecule has 9 aromatic rings. The molecule has 0 spiro atoms. The van der Waals surface area contributed by atoms with Crippen LogP contribution in [0.1, 0.15) is 23.7 Å². The minimum absolute atomic E-state index is 0.341. The SMILES string of the molecule is CC1(c2c(Nc3ccccc3)ccc3oc4ccccc4c23)C=Cc2c(c3ccccc3n2-c2cc(-c3ccccc3)cc(-c3ccccc3)c2)C1. The molecule has 0 amide bonds.